The van der Waals surface area contributed by atoms with Crippen LogP contribution in [0.1, 0.15) is 20.8 Å². The Balaban J connectivity index is 1.52. The van der Waals surface area contributed by atoms with Gasteiger partial charge < -0.3 is 119 Å². The lowest BCUT2D eigenvalue weighted by atomic mass is 9.95. The van der Waals surface area contributed by atoms with Crippen molar-refractivity contribution < 1.29 is 119 Å². The van der Waals surface area contributed by atoms with Crippen molar-refractivity contribution in [2.45, 2.75) is 174 Å². The monoisotopic (exact) mass is 837 g/mol. The van der Waals surface area contributed by atoms with Crippen LogP contribution >= 0.6 is 0 Å². The van der Waals surface area contributed by atoms with Crippen LogP contribution in [0.5, 0.6) is 0 Å². The van der Waals surface area contributed by atoms with Gasteiger partial charge in [0, 0.05) is 6.92 Å². The summed E-state index contributed by atoms with van der Waals surface area (Å²) in [6.07, 6.45) is -42.6. The number of carbonyl (C=O) groups excluding carboxylic acids is 1. The van der Waals surface area contributed by atoms with E-state index in [1.807, 2.05) is 0 Å². The molecule has 25 nitrogen and oxygen atoms in total. The molecule has 0 aromatic carbocycles. The molecule has 5 aliphatic heterocycles. The highest BCUT2D eigenvalue weighted by molar-refractivity contribution is 5.73. The van der Waals surface area contributed by atoms with E-state index in [0.29, 0.717) is 0 Å². The van der Waals surface area contributed by atoms with Gasteiger partial charge in [-0.1, -0.05) is 0 Å². The molecule has 57 heavy (non-hydrogen) atoms. The van der Waals surface area contributed by atoms with Crippen molar-refractivity contribution in [1.82, 2.24) is 5.32 Å². The highest BCUT2D eigenvalue weighted by Crippen LogP contribution is 2.37. The van der Waals surface area contributed by atoms with Crippen molar-refractivity contribution in [2.75, 3.05) is 19.8 Å². The summed E-state index contributed by atoms with van der Waals surface area (Å²) >= 11 is 0. The van der Waals surface area contributed by atoms with Gasteiger partial charge >= 0.3 is 0 Å². The van der Waals surface area contributed by atoms with Crippen LogP contribution in [0.15, 0.2) is 0 Å². The van der Waals surface area contributed by atoms with E-state index in [1.165, 1.54) is 13.8 Å². The zero-order valence-corrected chi connectivity index (χ0v) is 30.9. The van der Waals surface area contributed by atoms with Gasteiger partial charge in [0.25, 0.3) is 0 Å². The van der Waals surface area contributed by atoms with Crippen molar-refractivity contribution in [1.29, 1.82) is 0 Å². The number of carbonyl (C=O) groups is 1. The molecule has 0 aliphatic carbocycles. The van der Waals surface area contributed by atoms with Gasteiger partial charge in [-0.3, -0.25) is 4.79 Å². The minimum Gasteiger partial charge on any atom is -0.394 e. The second-order valence-corrected chi connectivity index (χ2v) is 14.7. The predicted octanol–water partition coefficient (Wildman–Crippen LogP) is -9.73. The van der Waals surface area contributed by atoms with Crippen LogP contribution in [0.3, 0.4) is 0 Å². The van der Waals surface area contributed by atoms with E-state index in [1.54, 1.807) is 0 Å². The molecular formula is C32H55NO24. The topological polar surface area (TPSA) is 395 Å². The maximum atomic E-state index is 12.2. The minimum absolute atomic E-state index is 0.750. The maximum absolute atomic E-state index is 12.2. The van der Waals surface area contributed by atoms with Gasteiger partial charge in [0.1, 0.15) is 110 Å². The number of aliphatic hydroxyl groups is 14. The molecule has 15 N–H and O–H groups in total. The zero-order chi connectivity index (χ0) is 42.2. The van der Waals surface area contributed by atoms with E-state index < -0.39 is 179 Å². The summed E-state index contributed by atoms with van der Waals surface area (Å²) in [5.41, 5.74) is 0. The zero-order valence-electron chi connectivity index (χ0n) is 30.9. The van der Waals surface area contributed by atoms with Crippen LogP contribution in [0.4, 0.5) is 0 Å². The van der Waals surface area contributed by atoms with Crippen molar-refractivity contribution >= 4 is 5.91 Å². The molecule has 0 aromatic heterocycles. The average Bonchev–Trinajstić information content (AvgIpc) is 3.17. The van der Waals surface area contributed by atoms with Gasteiger partial charge in [-0.25, -0.2) is 0 Å². The van der Waals surface area contributed by atoms with Crippen LogP contribution in [-0.4, -0.2) is 251 Å². The van der Waals surface area contributed by atoms with E-state index in [-0.39, 0.29) is 0 Å². The lowest BCUT2D eigenvalue weighted by Gasteiger charge is -2.51. The molecule has 332 valence electrons. The fourth-order valence-electron chi connectivity index (χ4n) is 7.26. The number of ether oxygens (including phenoxy) is 9. The number of hydrogen-bond acceptors (Lipinski definition) is 24. The highest BCUT2D eigenvalue weighted by atomic mass is 16.8. The quantitative estimate of drug-likeness (QED) is 0.0867. The van der Waals surface area contributed by atoms with Crippen molar-refractivity contribution in [2.24, 2.45) is 0 Å². The molecule has 25 heteroatoms. The fourth-order valence-corrected chi connectivity index (χ4v) is 7.26. The lowest BCUT2D eigenvalue weighted by molar-refractivity contribution is -0.408. The SMILES string of the molecule is CC(=O)N[C@H]1[C@H](O[C@H]2[C@H](O[C@H]3C(O)O[C@@H](C)[C@H](O)[C@H]3O[C@H]3O[C@H](CO)[C@@H](O)[C@H](O)[C@H]3O)O[C@@H](C)[C@H](O)[C@H]2O[C@H]2O[C@H](CO)[C@@H](O)[C@H](O)[C@H]2O)O[C@H](CO)[C@@H](O)[C@@H]1O. The summed E-state index contributed by atoms with van der Waals surface area (Å²) in [6.45, 7) is 1.13. The first kappa shape index (κ1) is 46.6. The van der Waals surface area contributed by atoms with Crippen molar-refractivity contribution in [3.63, 3.8) is 0 Å². The van der Waals surface area contributed by atoms with Gasteiger partial charge in [-0.15, -0.1) is 0 Å². The Morgan fingerprint density at radius 1 is 0.456 bits per heavy atom. The molecule has 5 aliphatic rings. The summed E-state index contributed by atoms with van der Waals surface area (Å²) < 4.78 is 52.1. The van der Waals surface area contributed by atoms with E-state index >= 15 is 0 Å². The van der Waals surface area contributed by atoms with Gasteiger partial charge in [-0.2, -0.15) is 0 Å². The molecule has 25 atom stereocenters. The fraction of sp³-hybridized carbons (Fsp3) is 0.969. The third-order valence-electron chi connectivity index (χ3n) is 10.6. The molecule has 5 heterocycles. The summed E-state index contributed by atoms with van der Waals surface area (Å²) in [7, 11) is 0. The normalized spacial score (nSPS) is 52.3. The molecule has 0 radical (unpaired) electrons. The molecule has 5 rings (SSSR count). The van der Waals surface area contributed by atoms with E-state index in [4.69, 9.17) is 42.6 Å². The third-order valence-corrected chi connectivity index (χ3v) is 10.6. The highest BCUT2D eigenvalue weighted by Gasteiger charge is 2.57. The van der Waals surface area contributed by atoms with Crippen LogP contribution in [0, 0.1) is 0 Å². The Kier molecular flexibility index (Phi) is 16.0. The Hall–Kier alpha value is -1.45. The van der Waals surface area contributed by atoms with E-state index in [9.17, 15) is 76.3 Å². The summed E-state index contributed by atoms with van der Waals surface area (Å²) in [5, 5.41) is 150. The number of nitrogens with one attached hydrogen (secondary N) is 1. The molecule has 0 saturated carbocycles. The minimum atomic E-state index is -2.02. The van der Waals surface area contributed by atoms with E-state index in [0.717, 1.165) is 6.92 Å². The van der Waals surface area contributed by atoms with Crippen LogP contribution in [-0.2, 0) is 47.4 Å². The maximum Gasteiger partial charge on any atom is 0.217 e. The Bertz CT molecular complexity index is 1290. The molecule has 0 bridgehead atoms. The Labute approximate surface area is 324 Å². The summed E-state index contributed by atoms with van der Waals surface area (Å²) in [6, 6.07) is -1.61. The van der Waals surface area contributed by atoms with Crippen molar-refractivity contribution in [3.05, 3.63) is 0 Å². The van der Waals surface area contributed by atoms with Crippen molar-refractivity contribution in [3.8, 4) is 0 Å². The average molecular weight is 838 g/mol. The largest absolute Gasteiger partial charge is 0.394 e. The lowest BCUT2D eigenvalue weighted by Crippen LogP contribution is -2.69. The van der Waals surface area contributed by atoms with Gasteiger partial charge in [-0.05, 0) is 13.8 Å². The number of rotatable bonds is 12. The first-order valence-corrected chi connectivity index (χ1v) is 18.3. The molecule has 0 aromatic rings. The van der Waals surface area contributed by atoms with Gasteiger partial charge in [0.05, 0.1) is 32.0 Å². The van der Waals surface area contributed by atoms with Crippen LogP contribution in [0.2, 0.25) is 0 Å². The first-order chi connectivity index (χ1) is 26.8. The third kappa shape index (κ3) is 9.71. The van der Waals surface area contributed by atoms with E-state index in [2.05, 4.69) is 5.32 Å². The molecule has 5 saturated heterocycles. The molecule has 5 fully saturated rings. The molecule has 1 amide bonds. The Morgan fingerprint density at radius 2 is 0.842 bits per heavy atom. The Morgan fingerprint density at radius 3 is 1.30 bits per heavy atom. The predicted molar refractivity (Wildman–Crippen MR) is 175 cm³/mol. The smallest absolute Gasteiger partial charge is 0.217 e. The molecular weight excluding hydrogens is 782 g/mol. The van der Waals surface area contributed by atoms with Gasteiger partial charge in [0.15, 0.2) is 31.5 Å². The summed E-state index contributed by atoms with van der Waals surface area (Å²) in [5.74, 6) is -0.750. The first-order valence-electron chi connectivity index (χ1n) is 18.3. The number of aliphatic hydroxyl groups excluding tert-OH is 14. The van der Waals surface area contributed by atoms with Crippen LogP contribution < -0.4 is 5.32 Å². The molecule has 1 unspecified atom stereocenters. The number of hydrogen-bond donors (Lipinski definition) is 15. The molecule has 0 spiro atoms. The van der Waals surface area contributed by atoms with Gasteiger partial charge in [0.2, 0.25) is 5.91 Å². The standard InChI is InChI=1S/C32H55NO24/c1-7-14(38)24(54-30-22(46)20(44)17(41)11(5-35)52-30)26(28(48)49-7)56-32-27(57-29-13(33-9(3)37)19(43)16(40)10(4-34)51-29)25(15(39)8(2)50-32)55-31-23(47)21(45)18(42)12(6-36)53-31/h7-8,10-32,34-36,38-48H,4-6H2,1-3H3,(H,33,37)/t7-,8-,10+,11+,12+,13+,14-,15-,16+,17+,18+,19+,20-,21-,22+,23+,24+,25+,26+,27+,28?,29-,30+,31+,32-/m0/s1. The number of amides is 1. The summed E-state index contributed by atoms with van der Waals surface area (Å²) in [4.78, 5) is 12.2. The second kappa shape index (κ2) is 19.5. The van der Waals surface area contributed by atoms with Crippen LogP contribution in [0.25, 0.3) is 0 Å². The second-order valence-electron chi connectivity index (χ2n) is 14.7.